The Morgan fingerprint density at radius 3 is 3.09 bits per heavy atom. The zero-order valence-corrected chi connectivity index (χ0v) is 6.64. The molecular weight excluding hydrogens is 162 g/mol. The lowest BCUT2D eigenvalue weighted by Crippen LogP contribution is -1.91. The maximum absolute atomic E-state index is 10.7. The second-order valence-electron chi connectivity index (χ2n) is 2.06. The fraction of sp³-hybridized carbons (Fsp3) is 0.125. The number of nitrogens with one attached hydrogen (secondary N) is 1. The highest BCUT2D eigenvalue weighted by Crippen LogP contribution is 1.97. The second kappa shape index (κ2) is 3.98. The summed E-state index contributed by atoms with van der Waals surface area (Å²) < 4.78 is 0. The first kappa shape index (κ1) is 8.08. The van der Waals surface area contributed by atoms with Gasteiger partial charge in [-0.1, -0.05) is 0 Å². The van der Waals surface area contributed by atoms with Crippen molar-refractivity contribution in [3.05, 3.63) is 30.1 Å². The Morgan fingerprint density at radius 1 is 1.73 bits per heavy atom. The smallest absolute Gasteiger partial charge is 0.170 e. The Morgan fingerprint density at radius 2 is 2.55 bits per heavy atom. The molecule has 0 aliphatic rings. The Balaban J connectivity index is 2.55. The molecule has 0 saturated heterocycles. The van der Waals surface area contributed by atoms with Crippen LogP contribution in [0.25, 0.3) is 6.08 Å². The third-order valence-electron chi connectivity index (χ3n) is 1.20. The summed E-state index contributed by atoms with van der Waals surface area (Å²) >= 11 is 5.28. The van der Waals surface area contributed by atoms with E-state index >= 15 is 0 Å². The third kappa shape index (κ3) is 2.60. The topological polar surface area (TPSA) is 32.9 Å². The van der Waals surface area contributed by atoms with Gasteiger partial charge in [0.2, 0.25) is 0 Å². The van der Waals surface area contributed by atoms with Gasteiger partial charge in [0, 0.05) is 11.9 Å². The molecule has 0 spiro atoms. The summed E-state index contributed by atoms with van der Waals surface area (Å²) in [6.07, 6.45) is 4.95. The molecule has 0 aliphatic heterocycles. The van der Waals surface area contributed by atoms with Gasteiger partial charge in [0.1, 0.15) is 0 Å². The van der Waals surface area contributed by atoms with Crippen LogP contribution in [0.15, 0.2) is 24.4 Å². The van der Waals surface area contributed by atoms with Gasteiger partial charge in [-0.05, 0) is 24.3 Å². The number of hydrogen-bond acceptors (Lipinski definition) is 1. The van der Waals surface area contributed by atoms with Crippen molar-refractivity contribution < 1.29 is 4.79 Å². The van der Waals surface area contributed by atoms with Crippen LogP contribution in [0, 0.1) is 0 Å². The zero-order valence-electron chi connectivity index (χ0n) is 5.88. The van der Waals surface area contributed by atoms with Gasteiger partial charge < -0.3 is 4.98 Å². The number of H-pyrrole nitrogens is 1. The zero-order chi connectivity index (χ0) is 8.10. The van der Waals surface area contributed by atoms with E-state index in [-0.39, 0.29) is 11.7 Å². The molecular formula is C8H8ClNO. The highest BCUT2D eigenvalue weighted by Gasteiger charge is 1.90. The molecule has 1 aromatic heterocycles. The monoisotopic (exact) mass is 169 g/mol. The Bertz CT molecular complexity index is 251. The Kier molecular flexibility index (Phi) is 2.93. The molecule has 1 heterocycles. The van der Waals surface area contributed by atoms with Crippen molar-refractivity contribution in [1.82, 2.24) is 4.98 Å². The van der Waals surface area contributed by atoms with Crippen LogP contribution in [0.2, 0.25) is 0 Å². The summed E-state index contributed by atoms with van der Waals surface area (Å²) in [5, 5.41) is 0. The van der Waals surface area contributed by atoms with E-state index < -0.39 is 0 Å². The highest BCUT2D eigenvalue weighted by molar-refractivity contribution is 6.29. The number of aromatic amines is 1. The van der Waals surface area contributed by atoms with Crippen LogP contribution in [0.5, 0.6) is 0 Å². The highest BCUT2D eigenvalue weighted by atomic mass is 35.5. The van der Waals surface area contributed by atoms with Crippen LogP contribution >= 0.6 is 11.6 Å². The maximum Gasteiger partial charge on any atom is 0.170 e. The molecule has 0 fully saturated rings. The van der Waals surface area contributed by atoms with E-state index in [0.29, 0.717) is 0 Å². The van der Waals surface area contributed by atoms with Crippen molar-refractivity contribution in [2.24, 2.45) is 0 Å². The van der Waals surface area contributed by atoms with E-state index in [9.17, 15) is 4.79 Å². The van der Waals surface area contributed by atoms with Crippen molar-refractivity contribution in [1.29, 1.82) is 0 Å². The van der Waals surface area contributed by atoms with Crippen LogP contribution in [-0.4, -0.2) is 16.6 Å². The van der Waals surface area contributed by atoms with E-state index in [4.69, 9.17) is 11.6 Å². The second-order valence-corrected chi connectivity index (χ2v) is 2.33. The van der Waals surface area contributed by atoms with Crippen LogP contribution < -0.4 is 0 Å². The third-order valence-corrected chi connectivity index (χ3v) is 1.47. The molecule has 0 aromatic carbocycles. The van der Waals surface area contributed by atoms with E-state index in [1.54, 1.807) is 12.3 Å². The number of carbonyl (C=O) groups excluding carboxylic acids is 1. The average Bonchev–Trinajstić information content (AvgIpc) is 2.52. The Labute approximate surface area is 69.9 Å². The first-order valence-electron chi connectivity index (χ1n) is 3.23. The van der Waals surface area contributed by atoms with Crippen molar-refractivity contribution in [3.8, 4) is 0 Å². The summed E-state index contributed by atoms with van der Waals surface area (Å²) in [7, 11) is 0. The number of hydrogen-bond donors (Lipinski definition) is 1. The molecule has 0 atom stereocenters. The summed E-state index contributed by atoms with van der Waals surface area (Å²) in [6.45, 7) is 0. The van der Waals surface area contributed by atoms with Gasteiger partial charge in [-0.15, -0.1) is 11.6 Å². The molecule has 1 rings (SSSR count). The fourth-order valence-corrected chi connectivity index (χ4v) is 0.764. The van der Waals surface area contributed by atoms with Gasteiger partial charge in [-0.2, -0.15) is 0 Å². The quantitative estimate of drug-likeness (QED) is 0.544. The van der Waals surface area contributed by atoms with Crippen molar-refractivity contribution in [2.75, 3.05) is 5.88 Å². The lowest BCUT2D eigenvalue weighted by atomic mass is 10.3. The maximum atomic E-state index is 10.7. The van der Waals surface area contributed by atoms with Crippen LogP contribution in [-0.2, 0) is 4.79 Å². The van der Waals surface area contributed by atoms with E-state index in [1.165, 1.54) is 6.08 Å². The number of aromatic nitrogens is 1. The molecule has 0 radical (unpaired) electrons. The predicted octanol–water partition coefficient (Wildman–Crippen LogP) is 1.84. The van der Waals surface area contributed by atoms with Gasteiger partial charge in [-0.3, -0.25) is 4.79 Å². The predicted molar refractivity (Wildman–Crippen MR) is 45.6 cm³/mol. The van der Waals surface area contributed by atoms with Gasteiger partial charge in [0.25, 0.3) is 0 Å². The fourth-order valence-electron chi connectivity index (χ4n) is 0.675. The van der Waals surface area contributed by atoms with E-state index in [0.717, 1.165) is 5.69 Å². The molecule has 0 aliphatic carbocycles. The molecule has 0 amide bonds. The van der Waals surface area contributed by atoms with Crippen LogP contribution in [0.3, 0.4) is 0 Å². The molecule has 0 saturated carbocycles. The number of carbonyl (C=O) groups is 1. The largest absolute Gasteiger partial charge is 0.362 e. The van der Waals surface area contributed by atoms with Gasteiger partial charge in [-0.25, -0.2) is 0 Å². The van der Waals surface area contributed by atoms with Crippen molar-refractivity contribution >= 4 is 23.5 Å². The molecule has 1 N–H and O–H groups in total. The minimum atomic E-state index is -0.0822. The SMILES string of the molecule is O=C(C=Cc1ccc[nH]1)CCl. The average molecular weight is 170 g/mol. The molecule has 11 heavy (non-hydrogen) atoms. The lowest BCUT2D eigenvalue weighted by Gasteiger charge is -1.83. The lowest BCUT2D eigenvalue weighted by molar-refractivity contribution is -0.112. The summed E-state index contributed by atoms with van der Waals surface area (Å²) in [5.74, 6) is -0.0433. The normalized spacial score (nSPS) is 10.6. The molecule has 2 nitrogen and oxygen atoms in total. The van der Waals surface area contributed by atoms with Gasteiger partial charge in [0.05, 0.1) is 5.88 Å². The Hall–Kier alpha value is -1.02. The number of rotatable bonds is 3. The van der Waals surface area contributed by atoms with E-state index in [2.05, 4.69) is 4.98 Å². The first-order valence-corrected chi connectivity index (χ1v) is 3.76. The molecule has 0 unspecified atom stereocenters. The molecule has 0 bridgehead atoms. The van der Waals surface area contributed by atoms with Crippen molar-refractivity contribution in [2.45, 2.75) is 0 Å². The minimum absolute atomic E-state index is 0.0389. The summed E-state index contributed by atoms with van der Waals surface area (Å²) in [4.78, 5) is 13.6. The van der Waals surface area contributed by atoms with Gasteiger partial charge in [0.15, 0.2) is 5.78 Å². The summed E-state index contributed by atoms with van der Waals surface area (Å²) in [6, 6.07) is 3.74. The number of allylic oxidation sites excluding steroid dienone is 1. The summed E-state index contributed by atoms with van der Waals surface area (Å²) in [5.41, 5.74) is 0.906. The molecule has 58 valence electrons. The van der Waals surface area contributed by atoms with E-state index in [1.807, 2.05) is 12.1 Å². The van der Waals surface area contributed by atoms with Crippen LogP contribution in [0.1, 0.15) is 5.69 Å². The number of ketones is 1. The number of halogens is 1. The number of alkyl halides is 1. The van der Waals surface area contributed by atoms with Crippen LogP contribution in [0.4, 0.5) is 0 Å². The molecule has 1 aromatic rings. The first-order chi connectivity index (χ1) is 5.33. The molecule has 3 heteroatoms. The van der Waals surface area contributed by atoms with Gasteiger partial charge >= 0.3 is 0 Å². The standard InChI is InChI=1S/C8H8ClNO/c9-6-8(11)4-3-7-2-1-5-10-7/h1-5,10H,6H2. The van der Waals surface area contributed by atoms with Crippen molar-refractivity contribution in [3.63, 3.8) is 0 Å². The minimum Gasteiger partial charge on any atom is -0.362 e.